The molecule has 0 bridgehead atoms. The van der Waals surface area contributed by atoms with Crippen molar-refractivity contribution in [1.29, 1.82) is 0 Å². The largest absolute Gasteiger partial charge is 0.478 e. The number of benzene rings is 2. The third kappa shape index (κ3) is 3.48. The zero-order valence-corrected chi connectivity index (χ0v) is 13.7. The average Bonchev–Trinajstić information content (AvgIpc) is 2.61. The maximum atomic E-state index is 12.6. The molecule has 0 saturated carbocycles. The molecule has 24 heavy (non-hydrogen) atoms. The Morgan fingerprint density at radius 2 is 1.88 bits per heavy atom. The molecule has 4 heteroatoms. The molecule has 0 aliphatic carbocycles. The number of carbonyl (C=O) groups is 2. The molecule has 3 rings (SSSR count). The number of aromatic carboxylic acids is 1. The molecule has 0 aromatic heterocycles. The van der Waals surface area contributed by atoms with E-state index in [9.17, 15) is 9.59 Å². The van der Waals surface area contributed by atoms with Crippen LogP contribution in [0, 0.1) is 0 Å². The molecule has 1 unspecified atom stereocenters. The van der Waals surface area contributed by atoms with Gasteiger partial charge < -0.3 is 10.0 Å². The molecule has 1 aliphatic heterocycles. The fourth-order valence-electron chi connectivity index (χ4n) is 3.19. The van der Waals surface area contributed by atoms with Gasteiger partial charge in [-0.2, -0.15) is 0 Å². The molecule has 0 fully saturated rings. The minimum Gasteiger partial charge on any atom is -0.478 e. The Labute approximate surface area is 141 Å². The highest BCUT2D eigenvalue weighted by Crippen LogP contribution is 2.24. The van der Waals surface area contributed by atoms with E-state index in [-0.39, 0.29) is 17.4 Å². The molecular formula is C20H21NO3. The normalized spacial score (nSPS) is 14.8. The summed E-state index contributed by atoms with van der Waals surface area (Å²) < 4.78 is 0. The van der Waals surface area contributed by atoms with Crippen LogP contribution in [0.2, 0.25) is 0 Å². The molecule has 1 amide bonds. The molecule has 4 nitrogen and oxygen atoms in total. The van der Waals surface area contributed by atoms with E-state index < -0.39 is 5.97 Å². The molecule has 1 aliphatic rings. The lowest BCUT2D eigenvalue weighted by atomic mass is 9.94. The molecule has 2 aromatic carbocycles. The molecular weight excluding hydrogens is 302 g/mol. The Balaban J connectivity index is 1.69. The summed E-state index contributed by atoms with van der Waals surface area (Å²) in [5.41, 5.74) is 3.53. The predicted molar refractivity (Wildman–Crippen MR) is 92.0 cm³/mol. The van der Waals surface area contributed by atoms with Crippen LogP contribution in [0.1, 0.15) is 46.3 Å². The maximum absolute atomic E-state index is 12.6. The van der Waals surface area contributed by atoms with E-state index in [0.29, 0.717) is 19.5 Å². The first-order valence-electron chi connectivity index (χ1n) is 8.22. The number of carboxylic acids is 1. The van der Waals surface area contributed by atoms with Gasteiger partial charge in [0.1, 0.15) is 0 Å². The topological polar surface area (TPSA) is 57.6 Å². The van der Waals surface area contributed by atoms with E-state index in [2.05, 4.69) is 6.92 Å². The van der Waals surface area contributed by atoms with E-state index in [1.807, 2.05) is 41.3 Å². The van der Waals surface area contributed by atoms with E-state index in [1.165, 1.54) is 0 Å². The van der Waals surface area contributed by atoms with Crippen LogP contribution in [-0.4, -0.2) is 28.4 Å². The fraction of sp³-hybridized carbons (Fsp3) is 0.300. The number of rotatable bonds is 4. The van der Waals surface area contributed by atoms with Gasteiger partial charge in [-0.1, -0.05) is 43.3 Å². The van der Waals surface area contributed by atoms with Crippen LogP contribution in [0.4, 0.5) is 0 Å². The quantitative estimate of drug-likeness (QED) is 0.937. The van der Waals surface area contributed by atoms with Gasteiger partial charge in [-0.3, -0.25) is 4.79 Å². The third-order valence-corrected chi connectivity index (χ3v) is 4.67. The smallest absolute Gasteiger partial charge is 0.335 e. The first kappa shape index (κ1) is 16.2. The van der Waals surface area contributed by atoms with Crippen LogP contribution < -0.4 is 0 Å². The SMILES string of the molecule is CC(CC(=O)N1CCc2ccc(C(=O)O)cc2C1)c1ccccc1. The highest BCUT2D eigenvalue weighted by atomic mass is 16.4. The number of hydrogen-bond acceptors (Lipinski definition) is 2. The average molecular weight is 323 g/mol. The van der Waals surface area contributed by atoms with E-state index >= 15 is 0 Å². The molecule has 1 heterocycles. The van der Waals surface area contributed by atoms with Crippen LogP contribution in [0.15, 0.2) is 48.5 Å². The predicted octanol–water partition coefficient (Wildman–Crippen LogP) is 3.46. The van der Waals surface area contributed by atoms with Crippen LogP contribution in [-0.2, 0) is 17.8 Å². The first-order valence-corrected chi connectivity index (χ1v) is 8.22. The minimum absolute atomic E-state index is 0.123. The Bertz CT molecular complexity index is 755. The van der Waals surface area contributed by atoms with Crippen molar-refractivity contribution in [2.45, 2.75) is 32.2 Å². The molecule has 1 atom stereocenters. The van der Waals surface area contributed by atoms with Gasteiger partial charge in [-0.15, -0.1) is 0 Å². The zero-order valence-electron chi connectivity index (χ0n) is 13.7. The number of carboxylic acid groups (broad SMARTS) is 1. The van der Waals surface area contributed by atoms with Gasteiger partial charge in [0.15, 0.2) is 0 Å². The zero-order chi connectivity index (χ0) is 17.1. The summed E-state index contributed by atoms with van der Waals surface area (Å²) in [6.45, 7) is 3.25. The van der Waals surface area contributed by atoms with Gasteiger partial charge in [-0.25, -0.2) is 4.79 Å². The Morgan fingerprint density at radius 3 is 2.58 bits per heavy atom. The summed E-state index contributed by atoms with van der Waals surface area (Å²) >= 11 is 0. The minimum atomic E-state index is -0.932. The maximum Gasteiger partial charge on any atom is 0.335 e. The summed E-state index contributed by atoms with van der Waals surface area (Å²) in [5, 5.41) is 9.13. The second-order valence-corrected chi connectivity index (χ2v) is 6.37. The van der Waals surface area contributed by atoms with Crippen molar-refractivity contribution in [3.63, 3.8) is 0 Å². The summed E-state index contributed by atoms with van der Waals surface area (Å²) in [6, 6.07) is 15.2. The van der Waals surface area contributed by atoms with Gasteiger partial charge in [0.25, 0.3) is 0 Å². The Kier molecular flexibility index (Phi) is 4.65. The van der Waals surface area contributed by atoms with Crippen LogP contribution >= 0.6 is 0 Å². The molecule has 0 radical (unpaired) electrons. The lowest BCUT2D eigenvalue weighted by Gasteiger charge is -2.30. The molecule has 1 N–H and O–H groups in total. The van der Waals surface area contributed by atoms with Crippen molar-refractivity contribution < 1.29 is 14.7 Å². The van der Waals surface area contributed by atoms with Crippen molar-refractivity contribution in [3.8, 4) is 0 Å². The van der Waals surface area contributed by atoms with Crippen LogP contribution in [0.3, 0.4) is 0 Å². The number of carbonyl (C=O) groups excluding carboxylic acids is 1. The van der Waals surface area contributed by atoms with Crippen LogP contribution in [0.5, 0.6) is 0 Å². The summed E-state index contributed by atoms with van der Waals surface area (Å²) in [7, 11) is 0. The van der Waals surface area contributed by atoms with Gasteiger partial charge in [0.2, 0.25) is 5.91 Å². The van der Waals surface area contributed by atoms with Crippen molar-refractivity contribution >= 4 is 11.9 Å². The fourth-order valence-corrected chi connectivity index (χ4v) is 3.19. The van der Waals surface area contributed by atoms with Gasteiger partial charge in [-0.05, 0) is 41.2 Å². The molecule has 0 saturated heterocycles. The third-order valence-electron chi connectivity index (χ3n) is 4.67. The van der Waals surface area contributed by atoms with Crippen molar-refractivity contribution in [2.24, 2.45) is 0 Å². The Morgan fingerprint density at radius 1 is 1.12 bits per heavy atom. The highest BCUT2D eigenvalue weighted by molar-refractivity contribution is 5.88. The van der Waals surface area contributed by atoms with E-state index in [4.69, 9.17) is 5.11 Å². The number of hydrogen-bond donors (Lipinski definition) is 1. The van der Waals surface area contributed by atoms with Crippen molar-refractivity contribution in [1.82, 2.24) is 4.90 Å². The summed E-state index contributed by atoms with van der Waals surface area (Å²) in [5.74, 6) is -0.637. The highest BCUT2D eigenvalue weighted by Gasteiger charge is 2.23. The lowest BCUT2D eigenvalue weighted by Crippen LogP contribution is -2.36. The van der Waals surface area contributed by atoms with Gasteiger partial charge in [0.05, 0.1) is 5.56 Å². The Hall–Kier alpha value is -2.62. The number of fused-ring (bicyclic) bond motifs is 1. The van der Waals surface area contributed by atoms with E-state index in [1.54, 1.807) is 12.1 Å². The second-order valence-electron chi connectivity index (χ2n) is 6.37. The molecule has 2 aromatic rings. The molecule has 124 valence electrons. The van der Waals surface area contributed by atoms with Gasteiger partial charge >= 0.3 is 5.97 Å². The first-order chi connectivity index (χ1) is 11.5. The monoisotopic (exact) mass is 323 g/mol. The number of amides is 1. The second kappa shape index (κ2) is 6.87. The standard InChI is InChI=1S/C20H21NO3/c1-14(15-5-3-2-4-6-15)11-19(22)21-10-9-16-7-8-17(20(23)24)12-18(16)13-21/h2-8,12,14H,9-11,13H2,1H3,(H,23,24). The summed E-state index contributed by atoms with van der Waals surface area (Å²) in [6.07, 6.45) is 1.25. The van der Waals surface area contributed by atoms with Gasteiger partial charge in [0, 0.05) is 19.5 Å². The lowest BCUT2D eigenvalue weighted by molar-refractivity contribution is -0.132. The van der Waals surface area contributed by atoms with E-state index in [0.717, 1.165) is 23.1 Å². The number of nitrogens with zero attached hydrogens (tertiary/aromatic N) is 1. The van der Waals surface area contributed by atoms with Crippen molar-refractivity contribution in [2.75, 3.05) is 6.54 Å². The van der Waals surface area contributed by atoms with Crippen LogP contribution in [0.25, 0.3) is 0 Å². The van der Waals surface area contributed by atoms with Crippen molar-refractivity contribution in [3.05, 3.63) is 70.8 Å². The molecule has 0 spiro atoms. The summed E-state index contributed by atoms with van der Waals surface area (Å²) in [4.78, 5) is 25.6.